The summed E-state index contributed by atoms with van der Waals surface area (Å²) < 4.78 is 29.9. The molecule has 0 aliphatic carbocycles. The third kappa shape index (κ3) is 3.79. The third-order valence-corrected chi connectivity index (χ3v) is 5.42. The molecule has 1 atom stereocenters. The molecule has 1 heterocycles. The van der Waals surface area contributed by atoms with Gasteiger partial charge in [0.2, 0.25) is 0 Å². The Kier molecular flexibility index (Phi) is 5.15. The number of sulfone groups is 1. The first-order chi connectivity index (χ1) is 9.55. The molecule has 5 nitrogen and oxygen atoms in total. The predicted molar refractivity (Wildman–Crippen MR) is 78.2 cm³/mol. The van der Waals surface area contributed by atoms with Gasteiger partial charge in [0.05, 0.1) is 16.8 Å². The minimum absolute atomic E-state index is 0.136. The molecule has 0 aromatic heterocycles. The fourth-order valence-electron chi connectivity index (χ4n) is 2.43. The molecular weight excluding hydrogens is 276 g/mol. The van der Waals surface area contributed by atoms with Gasteiger partial charge in [0.1, 0.15) is 0 Å². The Morgan fingerprint density at radius 1 is 1.45 bits per heavy atom. The number of nitrogens with zero attached hydrogens (tertiary/aromatic N) is 1. The highest BCUT2D eigenvalue weighted by Crippen LogP contribution is 2.16. The minimum atomic E-state index is -3.24. The van der Waals surface area contributed by atoms with E-state index in [9.17, 15) is 8.42 Å². The Labute approximate surface area is 120 Å². The van der Waals surface area contributed by atoms with Gasteiger partial charge in [-0.1, -0.05) is 12.1 Å². The largest absolute Gasteiger partial charge is 0.380 e. The highest BCUT2D eigenvalue weighted by molar-refractivity contribution is 7.91. The minimum Gasteiger partial charge on any atom is -0.380 e. The van der Waals surface area contributed by atoms with Crippen LogP contribution in [0.25, 0.3) is 0 Å². The Hall–Kier alpha value is -0.950. The lowest BCUT2D eigenvalue weighted by Gasteiger charge is -2.15. The van der Waals surface area contributed by atoms with E-state index in [4.69, 9.17) is 10.5 Å². The summed E-state index contributed by atoms with van der Waals surface area (Å²) in [5.41, 5.74) is 6.39. The molecule has 1 saturated heterocycles. The van der Waals surface area contributed by atoms with Crippen molar-refractivity contribution >= 4 is 9.84 Å². The Morgan fingerprint density at radius 2 is 2.25 bits per heavy atom. The molecule has 2 N–H and O–H groups in total. The monoisotopic (exact) mass is 298 g/mol. The van der Waals surface area contributed by atoms with Crippen molar-refractivity contribution in [3.63, 3.8) is 0 Å². The second-order valence-corrected chi connectivity index (χ2v) is 7.23. The molecule has 2 rings (SSSR count). The summed E-state index contributed by atoms with van der Waals surface area (Å²) in [5.74, 6) is 0.136. The summed E-state index contributed by atoms with van der Waals surface area (Å²) >= 11 is 0. The Balaban J connectivity index is 1.97. The lowest BCUT2D eigenvalue weighted by atomic mass is 10.2. The van der Waals surface area contributed by atoms with Crippen molar-refractivity contribution in [3.8, 4) is 0 Å². The summed E-state index contributed by atoms with van der Waals surface area (Å²) in [6.07, 6.45) is 1.21. The number of nitrogens with two attached hydrogens (primary N) is 1. The van der Waals surface area contributed by atoms with Gasteiger partial charge in [-0.15, -0.1) is 0 Å². The van der Waals surface area contributed by atoms with Crippen LogP contribution in [0, 0.1) is 0 Å². The van der Waals surface area contributed by atoms with Crippen LogP contribution in [0.15, 0.2) is 29.2 Å². The van der Waals surface area contributed by atoms with Crippen LogP contribution in [0.4, 0.5) is 0 Å². The van der Waals surface area contributed by atoms with Gasteiger partial charge in [-0.2, -0.15) is 0 Å². The third-order valence-electron chi connectivity index (χ3n) is 3.73. The van der Waals surface area contributed by atoms with E-state index in [0.717, 1.165) is 25.1 Å². The van der Waals surface area contributed by atoms with E-state index in [1.54, 1.807) is 25.3 Å². The summed E-state index contributed by atoms with van der Waals surface area (Å²) in [6.45, 7) is 2.62. The van der Waals surface area contributed by atoms with Crippen LogP contribution in [-0.4, -0.2) is 51.9 Å². The lowest BCUT2D eigenvalue weighted by Crippen LogP contribution is -2.28. The van der Waals surface area contributed by atoms with Crippen LogP contribution in [0.2, 0.25) is 0 Å². The van der Waals surface area contributed by atoms with E-state index < -0.39 is 9.84 Å². The second kappa shape index (κ2) is 6.67. The molecule has 0 bridgehead atoms. The van der Waals surface area contributed by atoms with Crippen molar-refractivity contribution in [2.45, 2.75) is 24.0 Å². The summed E-state index contributed by atoms with van der Waals surface area (Å²) in [6, 6.07) is 6.88. The maximum Gasteiger partial charge on any atom is 0.179 e. The van der Waals surface area contributed by atoms with Crippen molar-refractivity contribution in [1.82, 2.24) is 4.90 Å². The van der Waals surface area contributed by atoms with Crippen molar-refractivity contribution in [3.05, 3.63) is 29.8 Å². The van der Waals surface area contributed by atoms with E-state index in [1.807, 2.05) is 6.07 Å². The van der Waals surface area contributed by atoms with E-state index in [1.165, 1.54) is 0 Å². The van der Waals surface area contributed by atoms with Gasteiger partial charge < -0.3 is 10.5 Å². The van der Waals surface area contributed by atoms with E-state index in [2.05, 4.69) is 4.90 Å². The number of rotatable bonds is 6. The maximum absolute atomic E-state index is 12.3. The predicted octanol–water partition coefficient (Wildman–Crippen LogP) is 0.640. The smallest absolute Gasteiger partial charge is 0.179 e. The number of hydrogen-bond donors (Lipinski definition) is 1. The zero-order valence-corrected chi connectivity index (χ0v) is 12.6. The van der Waals surface area contributed by atoms with E-state index >= 15 is 0 Å². The summed E-state index contributed by atoms with van der Waals surface area (Å²) in [5, 5.41) is 0. The molecule has 1 aliphatic heterocycles. The molecule has 0 spiro atoms. The first kappa shape index (κ1) is 15.4. The maximum atomic E-state index is 12.3. The van der Waals surface area contributed by atoms with Gasteiger partial charge in [0.15, 0.2) is 9.84 Å². The fraction of sp³-hybridized carbons (Fsp3) is 0.571. The highest BCUT2D eigenvalue weighted by Gasteiger charge is 2.24. The molecule has 1 aromatic carbocycles. The van der Waals surface area contributed by atoms with Gasteiger partial charge in [0, 0.05) is 33.3 Å². The van der Waals surface area contributed by atoms with Crippen LogP contribution >= 0.6 is 0 Å². The van der Waals surface area contributed by atoms with Crippen molar-refractivity contribution in [1.29, 1.82) is 0 Å². The van der Waals surface area contributed by atoms with Crippen LogP contribution in [0.3, 0.4) is 0 Å². The van der Waals surface area contributed by atoms with Crippen molar-refractivity contribution in [2.75, 3.05) is 32.5 Å². The average Bonchev–Trinajstić information content (AvgIpc) is 2.93. The normalized spacial score (nSPS) is 20.4. The molecule has 1 aromatic rings. The van der Waals surface area contributed by atoms with Gasteiger partial charge in [-0.05, 0) is 24.1 Å². The van der Waals surface area contributed by atoms with Gasteiger partial charge in [-0.3, -0.25) is 4.90 Å². The lowest BCUT2D eigenvalue weighted by molar-refractivity contribution is 0.109. The molecular formula is C14H22N2O3S. The molecule has 112 valence electrons. The van der Waals surface area contributed by atoms with Crippen LogP contribution in [-0.2, 0) is 21.1 Å². The van der Waals surface area contributed by atoms with E-state index in [0.29, 0.717) is 18.0 Å². The summed E-state index contributed by atoms with van der Waals surface area (Å²) in [4.78, 5) is 2.50. The molecule has 0 saturated carbocycles. The van der Waals surface area contributed by atoms with Gasteiger partial charge in [0.25, 0.3) is 0 Å². The van der Waals surface area contributed by atoms with Gasteiger partial charge >= 0.3 is 0 Å². The highest BCUT2D eigenvalue weighted by atomic mass is 32.2. The Morgan fingerprint density at radius 3 is 2.90 bits per heavy atom. The molecule has 6 heteroatoms. The number of benzene rings is 1. The number of methoxy groups -OCH3 is 1. The number of likely N-dealkylation sites (tertiary alicyclic amines) is 1. The molecule has 20 heavy (non-hydrogen) atoms. The van der Waals surface area contributed by atoms with Crippen LogP contribution < -0.4 is 5.73 Å². The standard InChI is InChI=1S/C14H22N2O3S/c1-19-13-5-6-16(11-13)7-8-20(17,18)14-4-2-3-12(9-14)10-15/h2-4,9,13H,5-8,10-11,15H2,1H3. The first-order valence-corrected chi connectivity index (χ1v) is 8.47. The molecule has 1 aliphatic rings. The van der Waals surface area contributed by atoms with Gasteiger partial charge in [-0.25, -0.2) is 8.42 Å². The fourth-order valence-corrected chi connectivity index (χ4v) is 3.78. The summed E-state index contributed by atoms with van der Waals surface area (Å²) in [7, 11) is -1.54. The number of ether oxygens (including phenoxy) is 1. The number of hydrogen-bond acceptors (Lipinski definition) is 5. The topological polar surface area (TPSA) is 72.6 Å². The molecule has 0 amide bonds. The van der Waals surface area contributed by atoms with Crippen LogP contribution in [0.1, 0.15) is 12.0 Å². The van der Waals surface area contributed by atoms with Crippen LogP contribution in [0.5, 0.6) is 0 Å². The SMILES string of the molecule is COC1CCN(CCS(=O)(=O)c2cccc(CN)c2)C1. The zero-order valence-electron chi connectivity index (χ0n) is 11.8. The van der Waals surface area contributed by atoms with Crippen molar-refractivity contribution in [2.24, 2.45) is 5.73 Å². The molecule has 1 fully saturated rings. The average molecular weight is 298 g/mol. The van der Waals surface area contributed by atoms with Crippen molar-refractivity contribution < 1.29 is 13.2 Å². The molecule has 1 unspecified atom stereocenters. The quantitative estimate of drug-likeness (QED) is 0.834. The second-order valence-electron chi connectivity index (χ2n) is 5.12. The zero-order chi connectivity index (χ0) is 14.6. The Bertz CT molecular complexity index is 545. The first-order valence-electron chi connectivity index (χ1n) is 6.82. The van der Waals surface area contributed by atoms with E-state index in [-0.39, 0.29) is 11.9 Å². The molecule has 0 radical (unpaired) electrons.